The van der Waals surface area contributed by atoms with Crippen molar-refractivity contribution in [2.75, 3.05) is 19.8 Å². The minimum Gasteiger partial charge on any atom is -0.391 e. The van der Waals surface area contributed by atoms with Crippen molar-refractivity contribution in [3.63, 3.8) is 0 Å². The van der Waals surface area contributed by atoms with Crippen LogP contribution in [0.15, 0.2) is 0 Å². The van der Waals surface area contributed by atoms with E-state index in [0.29, 0.717) is 6.61 Å². The lowest BCUT2D eigenvalue weighted by molar-refractivity contribution is -0.348. The van der Waals surface area contributed by atoms with Crippen molar-refractivity contribution in [2.45, 2.75) is 43.9 Å². The number of unbranched alkanes of at least 4 members (excludes halogenated alkanes) is 1. The maximum Gasteiger partial charge on any atom is 0.221 e. The van der Waals surface area contributed by atoms with Crippen LogP contribution < -0.4 is 0 Å². The first-order valence-electron chi connectivity index (χ1n) is 5.50. The van der Waals surface area contributed by atoms with Gasteiger partial charge < -0.3 is 29.9 Å². The Balaban J connectivity index is 2.63. The minimum absolute atomic E-state index is 0.176. The predicted octanol–water partition coefficient (Wildman–Crippen LogP) is -1.40. The lowest BCUT2D eigenvalue weighted by Crippen LogP contribution is -2.63. The van der Waals surface area contributed by atoms with E-state index in [1.54, 1.807) is 0 Å². The molecule has 0 aromatic rings. The maximum absolute atomic E-state index is 9.74. The molecular formula is C10H20O6. The van der Waals surface area contributed by atoms with Crippen LogP contribution in [0.5, 0.6) is 0 Å². The molecule has 0 bridgehead atoms. The third-order valence-corrected chi connectivity index (χ3v) is 2.73. The number of hydrogen-bond donors (Lipinski definition) is 4. The van der Waals surface area contributed by atoms with Crippen molar-refractivity contribution < 1.29 is 29.9 Å². The van der Waals surface area contributed by atoms with Crippen molar-refractivity contribution in [1.29, 1.82) is 0 Å². The van der Waals surface area contributed by atoms with E-state index in [-0.39, 0.29) is 6.61 Å². The summed E-state index contributed by atoms with van der Waals surface area (Å²) >= 11 is 0. The van der Waals surface area contributed by atoms with Crippen LogP contribution in [0.4, 0.5) is 0 Å². The molecule has 16 heavy (non-hydrogen) atoms. The van der Waals surface area contributed by atoms with Gasteiger partial charge in [-0.2, -0.15) is 0 Å². The average Bonchev–Trinajstić information content (AvgIpc) is 2.30. The van der Waals surface area contributed by atoms with Gasteiger partial charge in [0.1, 0.15) is 24.9 Å². The summed E-state index contributed by atoms with van der Waals surface area (Å²) < 4.78 is 10.4. The molecule has 0 spiro atoms. The molecule has 96 valence electrons. The summed E-state index contributed by atoms with van der Waals surface area (Å²) in [5.74, 6) is -1.62. The number of aliphatic hydroxyl groups is 4. The van der Waals surface area contributed by atoms with Crippen LogP contribution in [0.25, 0.3) is 0 Å². The van der Waals surface area contributed by atoms with Crippen LogP contribution in [0, 0.1) is 0 Å². The molecule has 1 aliphatic heterocycles. The van der Waals surface area contributed by atoms with Gasteiger partial charge in [-0.15, -0.1) is 0 Å². The van der Waals surface area contributed by atoms with E-state index < -0.39 is 30.7 Å². The Morgan fingerprint density at radius 2 is 2.06 bits per heavy atom. The predicted molar refractivity (Wildman–Crippen MR) is 54.6 cm³/mol. The molecule has 0 aromatic carbocycles. The van der Waals surface area contributed by atoms with E-state index in [9.17, 15) is 20.4 Å². The first-order chi connectivity index (χ1) is 7.57. The molecule has 4 atom stereocenters. The second-order valence-electron chi connectivity index (χ2n) is 3.99. The Bertz CT molecular complexity index is 211. The zero-order chi connectivity index (χ0) is 12.2. The molecule has 0 aromatic heterocycles. The number of aliphatic hydroxyl groups excluding tert-OH is 4. The molecule has 1 saturated heterocycles. The largest absolute Gasteiger partial charge is 0.391 e. The van der Waals surface area contributed by atoms with Gasteiger partial charge in [-0.05, 0) is 6.42 Å². The van der Waals surface area contributed by atoms with Crippen molar-refractivity contribution in [1.82, 2.24) is 0 Å². The highest BCUT2D eigenvalue weighted by Crippen LogP contribution is 2.27. The summed E-state index contributed by atoms with van der Waals surface area (Å²) in [6.07, 6.45) is -2.33. The topological polar surface area (TPSA) is 99.4 Å². The van der Waals surface area contributed by atoms with Gasteiger partial charge in [0.15, 0.2) is 0 Å². The van der Waals surface area contributed by atoms with E-state index in [4.69, 9.17) is 9.47 Å². The van der Waals surface area contributed by atoms with Crippen LogP contribution in [-0.2, 0) is 9.47 Å². The van der Waals surface area contributed by atoms with Gasteiger partial charge in [0.25, 0.3) is 0 Å². The Morgan fingerprint density at radius 1 is 1.38 bits per heavy atom. The van der Waals surface area contributed by atoms with Crippen LogP contribution in [-0.4, -0.2) is 64.3 Å². The second kappa shape index (κ2) is 5.90. The molecule has 1 aliphatic rings. The fraction of sp³-hybridized carbons (Fsp3) is 1.00. The van der Waals surface area contributed by atoms with Gasteiger partial charge in [0.2, 0.25) is 5.79 Å². The molecule has 4 N–H and O–H groups in total. The van der Waals surface area contributed by atoms with Crippen molar-refractivity contribution in [3.05, 3.63) is 0 Å². The summed E-state index contributed by atoms with van der Waals surface area (Å²) in [7, 11) is 0. The van der Waals surface area contributed by atoms with Gasteiger partial charge in [-0.1, -0.05) is 13.3 Å². The highest BCUT2D eigenvalue weighted by Gasteiger charge is 2.50. The summed E-state index contributed by atoms with van der Waals surface area (Å²) in [5.41, 5.74) is 0. The van der Waals surface area contributed by atoms with Gasteiger partial charge in [0.05, 0.1) is 13.2 Å². The normalized spacial score (nSPS) is 39.9. The molecule has 6 nitrogen and oxygen atoms in total. The first-order valence-corrected chi connectivity index (χ1v) is 5.50. The van der Waals surface area contributed by atoms with Gasteiger partial charge in [-0.3, -0.25) is 0 Å². The van der Waals surface area contributed by atoms with Crippen LogP contribution >= 0.6 is 0 Å². The van der Waals surface area contributed by atoms with Gasteiger partial charge in [0, 0.05) is 0 Å². The summed E-state index contributed by atoms with van der Waals surface area (Å²) in [6, 6.07) is 0. The Hall–Kier alpha value is -0.240. The Kier molecular flexibility index (Phi) is 5.10. The lowest BCUT2D eigenvalue weighted by Gasteiger charge is -2.43. The summed E-state index contributed by atoms with van der Waals surface area (Å²) in [5, 5.41) is 37.7. The van der Waals surface area contributed by atoms with E-state index in [2.05, 4.69) is 0 Å². The van der Waals surface area contributed by atoms with Crippen molar-refractivity contribution in [2.24, 2.45) is 0 Å². The maximum atomic E-state index is 9.74. The fourth-order valence-corrected chi connectivity index (χ4v) is 1.58. The SMILES string of the molecule is CCCCO[C@]1(CO)OC[C@@H](O)[C@H](O)[C@@H]1O. The van der Waals surface area contributed by atoms with Crippen molar-refractivity contribution >= 4 is 0 Å². The smallest absolute Gasteiger partial charge is 0.221 e. The standard InChI is InChI=1S/C10H20O6/c1-2-3-4-15-10(6-11)9(14)8(13)7(12)5-16-10/h7-9,11-14H,2-6H2,1H3/t7-,8+,9+,10-/m1/s1. The Morgan fingerprint density at radius 3 is 2.62 bits per heavy atom. The van der Waals surface area contributed by atoms with Crippen molar-refractivity contribution in [3.8, 4) is 0 Å². The molecular weight excluding hydrogens is 216 g/mol. The molecule has 1 fully saturated rings. The molecule has 1 heterocycles. The molecule has 1 rings (SSSR count). The third kappa shape index (κ3) is 2.71. The molecule has 0 saturated carbocycles. The molecule has 0 aliphatic carbocycles. The minimum atomic E-state index is -1.62. The molecule has 0 radical (unpaired) electrons. The Labute approximate surface area is 94.4 Å². The van der Waals surface area contributed by atoms with Gasteiger partial charge in [-0.25, -0.2) is 0 Å². The zero-order valence-corrected chi connectivity index (χ0v) is 9.37. The molecule has 6 heteroatoms. The summed E-state index contributed by atoms with van der Waals surface area (Å²) in [4.78, 5) is 0. The van der Waals surface area contributed by atoms with Gasteiger partial charge >= 0.3 is 0 Å². The van der Waals surface area contributed by atoms with E-state index in [1.807, 2.05) is 6.92 Å². The number of hydrogen-bond acceptors (Lipinski definition) is 6. The number of ether oxygens (including phenoxy) is 2. The first kappa shape index (κ1) is 13.8. The molecule has 0 unspecified atom stereocenters. The van der Waals surface area contributed by atoms with Crippen LogP contribution in [0.3, 0.4) is 0 Å². The van der Waals surface area contributed by atoms with E-state index in [1.165, 1.54) is 0 Å². The highest BCUT2D eigenvalue weighted by atomic mass is 16.7. The van der Waals surface area contributed by atoms with E-state index in [0.717, 1.165) is 12.8 Å². The monoisotopic (exact) mass is 236 g/mol. The third-order valence-electron chi connectivity index (χ3n) is 2.73. The summed E-state index contributed by atoms with van der Waals surface area (Å²) in [6.45, 7) is 1.55. The second-order valence-corrected chi connectivity index (χ2v) is 3.99. The zero-order valence-electron chi connectivity index (χ0n) is 9.37. The van der Waals surface area contributed by atoms with Crippen LogP contribution in [0.1, 0.15) is 19.8 Å². The van der Waals surface area contributed by atoms with Crippen LogP contribution in [0.2, 0.25) is 0 Å². The average molecular weight is 236 g/mol. The fourth-order valence-electron chi connectivity index (χ4n) is 1.58. The highest BCUT2D eigenvalue weighted by molar-refractivity contribution is 4.92. The lowest BCUT2D eigenvalue weighted by atomic mass is 9.97. The molecule has 0 amide bonds. The van der Waals surface area contributed by atoms with E-state index >= 15 is 0 Å². The quantitative estimate of drug-likeness (QED) is 0.438. The number of rotatable bonds is 5.